The zero-order chi connectivity index (χ0) is 19.3. The number of aromatic amines is 1. The predicted octanol–water partition coefficient (Wildman–Crippen LogP) is 4.17. The first kappa shape index (κ1) is 18.0. The summed E-state index contributed by atoms with van der Waals surface area (Å²) in [5.41, 5.74) is 2.91. The minimum atomic E-state index is -0.261. The Morgan fingerprint density at radius 3 is 2.68 bits per heavy atom. The average molecular weight is 373 g/mol. The molecule has 0 saturated carbocycles. The number of nitrogens with one attached hydrogen (secondary N) is 2. The van der Waals surface area contributed by atoms with Crippen LogP contribution in [0.2, 0.25) is 0 Å². The van der Waals surface area contributed by atoms with Crippen molar-refractivity contribution in [1.82, 2.24) is 4.98 Å². The summed E-state index contributed by atoms with van der Waals surface area (Å²) in [4.78, 5) is 29.7. The number of hydrogen-bond acceptors (Lipinski definition) is 3. The normalized spacial score (nSPS) is 14.5. The summed E-state index contributed by atoms with van der Waals surface area (Å²) in [6.45, 7) is 2.12. The Bertz CT molecular complexity index is 1080. The molecule has 2 aromatic carbocycles. The van der Waals surface area contributed by atoms with Crippen LogP contribution >= 0.6 is 0 Å². The van der Waals surface area contributed by atoms with Crippen molar-refractivity contribution in [2.24, 2.45) is 0 Å². The Morgan fingerprint density at radius 2 is 1.82 bits per heavy atom. The molecule has 1 saturated heterocycles. The van der Waals surface area contributed by atoms with E-state index in [9.17, 15) is 9.59 Å². The lowest BCUT2D eigenvalue weighted by atomic mass is 10.1. The SMILES string of the molecule is O=C(/C=C/c1cc2ccccc2[nH]c1=O)Nc1cccc(N2CCCCC2)c1. The van der Waals surface area contributed by atoms with Gasteiger partial charge in [-0.1, -0.05) is 24.3 Å². The fourth-order valence-electron chi connectivity index (χ4n) is 3.57. The predicted molar refractivity (Wildman–Crippen MR) is 115 cm³/mol. The Kier molecular flexibility index (Phi) is 5.24. The zero-order valence-electron chi connectivity index (χ0n) is 15.7. The van der Waals surface area contributed by atoms with Crippen molar-refractivity contribution in [1.29, 1.82) is 0 Å². The van der Waals surface area contributed by atoms with Crippen molar-refractivity contribution in [3.8, 4) is 0 Å². The second kappa shape index (κ2) is 8.13. The Labute approximate surface area is 163 Å². The summed E-state index contributed by atoms with van der Waals surface area (Å²) >= 11 is 0. The minimum absolute atomic E-state index is 0.213. The number of aromatic nitrogens is 1. The number of para-hydroxylation sites is 1. The van der Waals surface area contributed by atoms with E-state index in [4.69, 9.17) is 0 Å². The molecule has 5 heteroatoms. The van der Waals surface area contributed by atoms with Gasteiger partial charge in [-0.3, -0.25) is 9.59 Å². The van der Waals surface area contributed by atoms with E-state index >= 15 is 0 Å². The van der Waals surface area contributed by atoms with Crippen LogP contribution in [0, 0.1) is 0 Å². The molecule has 4 rings (SSSR count). The molecule has 2 heterocycles. The molecule has 0 bridgehead atoms. The first-order valence-electron chi connectivity index (χ1n) is 9.65. The van der Waals surface area contributed by atoms with Gasteiger partial charge in [-0.2, -0.15) is 0 Å². The second-order valence-corrected chi connectivity index (χ2v) is 7.06. The van der Waals surface area contributed by atoms with Crippen LogP contribution in [-0.4, -0.2) is 24.0 Å². The highest BCUT2D eigenvalue weighted by Crippen LogP contribution is 2.23. The van der Waals surface area contributed by atoms with Crippen LogP contribution in [0.25, 0.3) is 17.0 Å². The molecule has 0 unspecified atom stereocenters. The van der Waals surface area contributed by atoms with E-state index in [-0.39, 0.29) is 11.5 Å². The van der Waals surface area contributed by atoms with Gasteiger partial charge < -0.3 is 15.2 Å². The number of benzene rings is 2. The second-order valence-electron chi connectivity index (χ2n) is 7.06. The van der Waals surface area contributed by atoms with Gasteiger partial charge in [0.1, 0.15) is 0 Å². The molecule has 1 amide bonds. The van der Waals surface area contributed by atoms with Gasteiger partial charge in [0.25, 0.3) is 5.56 Å². The number of amides is 1. The number of carbonyl (C=O) groups excluding carboxylic acids is 1. The topological polar surface area (TPSA) is 65.2 Å². The van der Waals surface area contributed by atoms with E-state index in [1.165, 1.54) is 25.3 Å². The van der Waals surface area contributed by atoms with Crippen LogP contribution in [-0.2, 0) is 4.79 Å². The first-order valence-corrected chi connectivity index (χ1v) is 9.65. The number of rotatable bonds is 4. The highest BCUT2D eigenvalue weighted by Gasteiger charge is 2.11. The smallest absolute Gasteiger partial charge is 0.255 e. The molecule has 0 aliphatic carbocycles. The van der Waals surface area contributed by atoms with E-state index in [2.05, 4.69) is 21.3 Å². The van der Waals surface area contributed by atoms with Crippen molar-refractivity contribution in [3.63, 3.8) is 0 Å². The molecule has 2 N–H and O–H groups in total. The maximum Gasteiger partial charge on any atom is 0.255 e. The number of pyridine rings is 1. The van der Waals surface area contributed by atoms with Gasteiger partial charge in [0.05, 0.1) is 0 Å². The minimum Gasteiger partial charge on any atom is -0.371 e. The molecule has 28 heavy (non-hydrogen) atoms. The number of carbonyl (C=O) groups is 1. The van der Waals surface area contributed by atoms with Crippen molar-refractivity contribution in [2.45, 2.75) is 19.3 Å². The van der Waals surface area contributed by atoms with E-state index in [0.29, 0.717) is 5.56 Å². The van der Waals surface area contributed by atoms with Gasteiger partial charge >= 0.3 is 0 Å². The molecular formula is C23H23N3O2. The number of nitrogens with zero attached hydrogens (tertiary/aromatic N) is 1. The van der Waals surface area contributed by atoms with E-state index in [1.807, 2.05) is 42.5 Å². The summed E-state index contributed by atoms with van der Waals surface area (Å²) < 4.78 is 0. The lowest BCUT2D eigenvalue weighted by Gasteiger charge is -2.29. The standard InChI is InChI=1S/C23H23N3O2/c27-22(12-11-18-15-17-7-2-3-10-21(17)25-23(18)28)24-19-8-6-9-20(16-19)26-13-4-1-5-14-26/h2-3,6-12,15-16H,1,4-5,13-14H2,(H,24,27)(H,25,28)/b12-11+. The molecule has 1 aromatic heterocycles. The monoisotopic (exact) mass is 373 g/mol. The van der Waals surface area contributed by atoms with Gasteiger partial charge in [0, 0.05) is 41.6 Å². The largest absolute Gasteiger partial charge is 0.371 e. The van der Waals surface area contributed by atoms with Gasteiger partial charge in [-0.25, -0.2) is 0 Å². The highest BCUT2D eigenvalue weighted by atomic mass is 16.1. The number of anilines is 2. The van der Waals surface area contributed by atoms with Gasteiger partial charge in [0.2, 0.25) is 5.91 Å². The molecule has 1 aliphatic heterocycles. The average Bonchev–Trinajstić information content (AvgIpc) is 2.73. The fraction of sp³-hybridized carbons (Fsp3) is 0.217. The molecule has 0 atom stereocenters. The zero-order valence-corrected chi connectivity index (χ0v) is 15.7. The summed E-state index contributed by atoms with van der Waals surface area (Å²) in [7, 11) is 0. The van der Waals surface area contributed by atoms with E-state index in [1.54, 1.807) is 12.1 Å². The molecule has 3 aromatic rings. The van der Waals surface area contributed by atoms with Crippen LogP contribution in [0.15, 0.2) is 65.5 Å². The molecule has 1 fully saturated rings. The number of piperidine rings is 1. The van der Waals surface area contributed by atoms with Gasteiger partial charge in [-0.15, -0.1) is 0 Å². The van der Waals surface area contributed by atoms with Crippen LogP contribution in [0.1, 0.15) is 24.8 Å². The first-order chi connectivity index (χ1) is 13.7. The third-order valence-corrected chi connectivity index (χ3v) is 5.03. The fourth-order valence-corrected chi connectivity index (χ4v) is 3.57. The van der Waals surface area contributed by atoms with Crippen molar-refractivity contribution in [3.05, 3.63) is 76.6 Å². The highest BCUT2D eigenvalue weighted by molar-refractivity contribution is 6.02. The molecule has 142 valence electrons. The maximum atomic E-state index is 12.3. The van der Waals surface area contributed by atoms with Crippen LogP contribution in [0.4, 0.5) is 11.4 Å². The van der Waals surface area contributed by atoms with Crippen molar-refractivity contribution < 1.29 is 4.79 Å². The molecule has 1 aliphatic rings. The molecule has 0 radical (unpaired) electrons. The summed E-state index contributed by atoms with van der Waals surface area (Å²) in [5, 5.41) is 3.81. The Balaban J connectivity index is 1.47. The molecule has 0 spiro atoms. The van der Waals surface area contributed by atoms with Gasteiger partial charge in [-0.05, 0) is 61.1 Å². The molecule has 5 nitrogen and oxygen atoms in total. The van der Waals surface area contributed by atoms with E-state index < -0.39 is 0 Å². The summed E-state index contributed by atoms with van der Waals surface area (Å²) in [6.07, 6.45) is 6.65. The van der Waals surface area contributed by atoms with Crippen molar-refractivity contribution >= 4 is 34.3 Å². The quantitative estimate of drug-likeness (QED) is 0.675. The van der Waals surface area contributed by atoms with Crippen LogP contribution < -0.4 is 15.8 Å². The summed E-state index contributed by atoms with van der Waals surface area (Å²) in [5.74, 6) is -0.261. The number of hydrogen-bond donors (Lipinski definition) is 2. The Morgan fingerprint density at radius 1 is 1.00 bits per heavy atom. The number of H-pyrrole nitrogens is 1. The Hall–Kier alpha value is -3.34. The lowest BCUT2D eigenvalue weighted by Crippen LogP contribution is -2.29. The van der Waals surface area contributed by atoms with Gasteiger partial charge in [0.15, 0.2) is 0 Å². The molecular weight excluding hydrogens is 350 g/mol. The number of fused-ring (bicyclic) bond motifs is 1. The van der Waals surface area contributed by atoms with Crippen LogP contribution in [0.3, 0.4) is 0 Å². The maximum absolute atomic E-state index is 12.3. The van der Waals surface area contributed by atoms with Crippen molar-refractivity contribution in [2.75, 3.05) is 23.3 Å². The third-order valence-electron chi connectivity index (χ3n) is 5.03. The van der Waals surface area contributed by atoms with Crippen LogP contribution in [0.5, 0.6) is 0 Å². The lowest BCUT2D eigenvalue weighted by molar-refractivity contribution is -0.111. The third kappa shape index (κ3) is 4.14. The summed E-state index contributed by atoms with van der Waals surface area (Å²) in [6, 6.07) is 17.3. The van der Waals surface area contributed by atoms with E-state index in [0.717, 1.165) is 35.4 Å².